The molecular formula is C13H13ClO2. The molecule has 1 atom stereocenters. The zero-order chi connectivity index (χ0) is 11.8. The van der Waals surface area contributed by atoms with E-state index in [2.05, 4.69) is 0 Å². The van der Waals surface area contributed by atoms with E-state index in [9.17, 15) is 5.11 Å². The van der Waals surface area contributed by atoms with Gasteiger partial charge in [-0.3, -0.25) is 0 Å². The van der Waals surface area contributed by atoms with E-state index < -0.39 is 5.60 Å². The van der Waals surface area contributed by atoms with Crippen LogP contribution in [-0.4, -0.2) is 5.11 Å². The average molecular weight is 237 g/mol. The molecule has 2 aromatic rings. The molecule has 0 aliphatic heterocycles. The molecule has 0 aliphatic carbocycles. The number of benzene rings is 1. The Morgan fingerprint density at radius 3 is 2.25 bits per heavy atom. The van der Waals surface area contributed by atoms with Crippen LogP contribution in [0.25, 0.3) is 0 Å². The van der Waals surface area contributed by atoms with Gasteiger partial charge in [-0.1, -0.05) is 23.7 Å². The van der Waals surface area contributed by atoms with E-state index in [0.717, 1.165) is 11.3 Å². The molecule has 84 valence electrons. The summed E-state index contributed by atoms with van der Waals surface area (Å²) in [5, 5.41) is 11.1. The first-order valence-electron chi connectivity index (χ1n) is 5.05. The van der Waals surface area contributed by atoms with Crippen molar-refractivity contribution in [1.29, 1.82) is 0 Å². The van der Waals surface area contributed by atoms with Gasteiger partial charge in [-0.2, -0.15) is 0 Å². The summed E-state index contributed by atoms with van der Waals surface area (Å²) in [4.78, 5) is 0. The van der Waals surface area contributed by atoms with Crippen LogP contribution in [0.15, 0.2) is 40.8 Å². The molecule has 0 fully saturated rings. The minimum absolute atomic E-state index is 0.535. The standard InChI is InChI=1S/C13H13ClO2/c1-9-3-8-12(16-9)13(2,15)10-4-6-11(14)7-5-10/h3-8,15H,1-2H3. The van der Waals surface area contributed by atoms with Crippen molar-refractivity contribution in [2.75, 3.05) is 0 Å². The molecule has 2 nitrogen and oxygen atoms in total. The third kappa shape index (κ3) is 1.99. The Morgan fingerprint density at radius 1 is 1.12 bits per heavy atom. The first-order valence-corrected chi connectivity index (χ1v) is 5.43. The van der Waals surface area contributed by atoms with Gasteiger partial charge >= 0.3 is 0 Å². The predicted molar refractivity (Wildman–Crippen MR) is 63.6 cm³/mol. The van der Waals surface area contributed by atoms with Gasteiger partial charge in [0.15, 0.2) is 0 Å². The van der Waals surface area contributed by atoms with E-state index >= 15 is 0 Å². The minimum atomic E-state index is -1.13. The van der Waals surface area contributed by atoms with Crippen LogP contribution in [0.1, 0.15) is 24.0 Å². The van der Waals surface area contributed by atoms with E-state index in [0.29, 0.717) is 10.8 Å². The lowest BCUT2D eigenvalue weighted by Crippen LogP contribution is -2.21. The average Bonchev–Trinajstić information content (AvgIpc) is 2.66. The highest BCUT2D eigenvalue weighted by molar-refractivity contribution is 6.30. The Morgan fingerprint density at radius 2 is 1.75 bits per heavy atom. The maximum absolute atomic E-state index is 10.4. The molecule has 0 saturated heterocycles. The summed E-state index contributed by atoms with van der Waals surface area (Å²) in [6.45, 7) is 3.55. The van der Waals surface area contributed by atoms with E-state index in [4.69, 9.17) is 16.0 Å². The van der Waals surface area contributed by atoms with Gasteiger partial charge in [-0.25, -0.2) is 0 Å². The summed E-state index contributed by atoms with van der Waals surface area (Å²) >= 11 is 5.81. The zero-order valence-electron chi connectivity index (χ0n) is 9.20. The lowest BCUT2D eigenvalue weighted by molar-refractivity contribution is 0.0758. The van der Waals surface area contributed by atoms with Gasteiger partial charge < -0.3 is 9.52 Å². The van der Waals surface area contributed by atoms with Crippen LogP contribution in [0.3, 0.4) is 0 Å². The van der Waals surface area contributed by atoms with Crippen molar-refractivity contribution in [1.82, 2.24) is 0 Å². The molecule has 1 N–H and O–H groups in total. The van der Waals surface area contributed by atoms with E-state index in [1.165, 1.54) is 0 Å². The molecule has 0 amide bonds. The van der Waals surface area contributed by atoms with E-state index in [-0.39, 0.29) is 0 Å². The quantitative estimate of drug-likeness (QED) is 0.866. The molecule has 1 heterocycles. The molecule has 0 spiro atoms. The van der Waals surface area contributed by atoms with Crippen LogP contribution in [0, 0.1) is 6.92 Å². The summed E-state index contributed by atoms with van der Waals surface area (Å²) in [5.74, 6) is 1.32. The van der Waals surface area contributed by atoms with Crippen molar-refractivity contribution < 1.29 is 9.52 Å². The third-order valence-corrected chi connectivity index (χ3v) is 2.88. The summed E-state index contributed by atoms with van der Waals surface area (Å²) in [6.07, 6.45) is 0. The first-order chi connectivity index (χ1) is 7.50. The van der Waals surface area contributed by atoms with Crippen LogP contribution in [0.2, 0.25) is 5.02 Å². The van der Waals surface area contributed by atoms with Crippen LogP contribution in [-0.2, 0) is 5.60 Å². The Balaban J connectivity index is 2.42. The van der Waals surface area contributed by atoms with Gasteiger partial charge in [0.25, 0.3) is 0 Å². The van der Waals surface area contributed by atoms with Crippen molar-refractivity contribution in [2.24, 2.45) is 0 Å². The van der Waals surface area contributed by atoms with Gasteiger partial charge in [-0.05, 0) is 43.7 Å². The largest absolute Gasteiger partial charge is 0.463 e. The fourth-order valence-corrected chi connectivity index (χ4v) is 1.74. The van der Waals surface area contributed by atoms with Crippen molar-refractivity contribution in [3.05, 3.63) is 58.5 Å². The van der Waals surface area contributed by atoms with Crippen LogP contribution in [0.5, 0.6) is 0 Å². The smallest absolute Gasteiger partial charge is 0.144 e. The van der Waals surface area contributed by atoms with Crippen molar-refractivity contribution >= 4 is 11.6 Å². The van der Waals surface area contributed by atoms with E-state index in [1.54, 1.807) is 37.3 Å². The highest BCUT2D eigenvalue weighted by Crippen LogP contribution is 2.30. The molecule has 0 bridgehead atoms. The molecule has 0 saturated carbocycles. The van der Waals surface area contributed by atoms with Crippen LogP contribution >= 0.6 is 11.6 Å². The molecule has 16 heavy (non-hydrogen) atoms. The van der Waals surface area contributed by atoms with Gasteiger partial charge in [0.05, 0.1) is 0 Å². The second-order valence-electron chi connectivity index (χ2n) is 3.99. The summed E-state index contributed by atoms with van der Waals surface area (Å²) < 4.78 is 5.45. The SMILES string of the molecule is Cc1ccc(C(C)(O)c2ccc(Cl)cc2)o1. The first kappa shape index (κ1) is 11.2. The van der Waals surface area contributed by atoms with Gasteiger partial charge in [-0.15, -0.1) is 0 Å². The normalized spacial score (nSPS) is 14.8. The number of aryl methyl sites for hydroxylation is 1. The van der Waals surface area contributed by atoms with Gasteiger partial charge in [0.2, 0.25) is 0 Å². The fraction of sp³-hybridized carbons (Fsp3) is 0.231. The predicted octanol–water partition coefficient (Wildman–Crippen LogP) is 3.50. The molecule has 1 aromatic carbocycles. The zero-order valence-corrected chi connectivity index (χ0v) is 9.95. The number of hydrogen-bond donors (Lipinski definition) is 1. The maximum Gasteiger partial charge on any atom is 0.144 e. The second kappa shape index (κ2) is 3.96. The molecule has 2 rings (SSSR count). The Kier molecular flexibility index (Phi) is 2.78. The maximum atomic E-state index is 10.4. The van der Waals surface area contributed by atoms with Crippen LogP contribution in [0.4, 0.5) is 0 Å². The van der Waals surface area contributed by atoms with Crippen molar-refractivity contribution in [3.8, 4) is 0 Å². The molecular weight excluding hydrogens is 224 g/mol. The van der Waals surface area contributed by atoms with Gasteiger partial charge in [0.1, 0.15) is 17.1 Å². The third-order valence-electron chi connectivity index (χ3n) is 2.63. The Bertz CT molecular complexity index is 483. The van der Waals surface area contributed by atoms with Crippen LogP contribution < -0.4 is 0 Å². The second-order valence-corrected chi connectivity index (χ2v) is 4.43. The Hall–Kier alpha value is -1.25. The van der Waals surface area contributed by atoms with Crippen molar-refractivity contribution in [2.45, 2.75) is 19.4 Å². The topological polar surface area (TPSA) is 33.4 Å². The van der Waals surface area contributed by atoms with E-state index in [1.807, 2.05) is 13.0 Å². The molecule has 0 aliphatic rings. The number of halogens is 1. The molecule has 1 unspecified atom stereocenters. The minimum Gasteiger partial charge on any atom is -0.463 e. The van der Waals surface area contributed by atoms with Crippen molar-refractivity contribution in [3.63, 3.8) is 0 Å². The van der Waals surface area contributed by atoms with Gasteiger partial charge in [0, 0.05) is 5.02 Å². The molecule has 3 heteroatoms. The highest BCUT2D eigenvalue weighted by Gasteiger charge is 2.28. The Labute approximate surface area is 99.5 Å². The molecule has 1 aromatic heterocycles. The summed E-state index contributed by atoms with van der Waals surface area (Å²) in [6, 6.07) is 10.7. The number of aliphatic hydroxyl groups is 1. The summed E-state index contributed by atoms with van der Waals surface area (Å²) in [7, 11) is 0. The fourth-order valence-electron chi connectivity index (χ4n) is 1.61. The lowest BCUT2D eigenvalue weighted by Gasteiger charge is -2.21. The lowest BCUT2D eigenvalue weighted by atomic mass is 9.93. The summed E-state index contributed by atoms with van der Waals surface area (Å²) in [5.41, 5.74) is -0.370. The monoisotopic (exact) mass is 236 g/mol. The number of hydrogen-bond acceptors (Lipinski definition) is 2. The number of rotatable bonds is 2. The molecule has 0 radical (unpaired) electrons. The highest BCUT2D eigenvalue weighted by atomic mass is 35.5. The number of furan rings is 1.